The van der Waals surface area contributed by atoms with Crippen molar-refractivity contribution in [3.8, 4) is 0 Å². The highest BCUT2D eigenvalue weighted by molar-refractivity contribution is 7.24. The van der Waals surface area contributed by atoms with Gasteiger partial charge in [0.2, 0.25) is 5.43 Å². The van der Waals surface area contributed by atoms with Crippen molar-refractivity contribution >= 4 is 53.4 Å². The van der Waals surface area contributed by atoms with Gasteiger partial charge in [-0.05, 0) is 36.4 Å². The molecule has 0 aliphatic heterocycles. The maximum Gasteiger partial charge on any atom is 0.200 e. The quantitative estimate of drug-likeness (QED) is 0.388. The minimum absolute atomic E-state index is 0.0305. The van der Waals surface area contributed by atoms with Gasteiger partial charge in [-0.3, -0.25) is 9.59 Å². The van der Waals surface area contributed by atoms with Crippen molar-refractivity contribution in [2.75, 3.05) is 0 Å². The first kappa shape index (κ1) is 13.5. The van der Waals surface area contributed by atoms with Crippen LogP contribution in [-0.4, -0.2) is 0 Å². The summed E-state index contributed by atoms with van der Waals surface area (Å²) in [6.45, 7) is 0. The third-order valence-corrected chi connectivity index (χ3v) is 5.41. The number of para-hydroxylation sites is 1. The Morgan fingerprint density at radius 2 is 1.33 bits per heavy atom. The van der Waals surface area contributed by atoms with E-state index in [1.54, 1.807) is 24.3 Å². The van der Waals surface area contributed by atoms with Gasteiger partial charge < -0.3 is 4.42 Å². The lowest BCUT2D eigenvalue weighted by Crippen LogP contribution is -2.04. The molecule has 0 amide bonds. The summed E-state index contributed by atoms with van der Waals surface area (Å²) in [6.07, 6.45) is 0. The minimum Gasteiger partial charge on any atom is -0.456 e. The van der Waals surface area contributed by atoms with Crippen molar-refractivity contribution < 1.29 is 4.42 Å². The van der Waals surface area contributed by atoms with Crippen molar-refractivity contribution in [1.29, 1.82) is 0 Å². The molecule has 3 aromatic carbocycles. The van der Waals surface area contributed by atoms with Gasteiger partial charge in [0.15, 0.2) is 5.43 Å². The van der Waals surface area contributed by atoms with Gasteiger partial charge in [0.25, 0.3) is 0 Å². The third kappa shape index (κ3) is 1.77. The summed E-state index contributed by atoms with van der Waals surface area (Å²) in [5, 5.41) is 2.34. The molecule has 0 N–H and O–H groups in total. The second-order valence-electron chi connectivity index (χ2n) is 5.70. The minimum atomic E-state index is -0.0680. The molecule has 0 saturated carbocycles. The topological polar surface area (TPSA) is 47.3 Å². The molecule has 114 valence electrons. The Kier molecular flexibility index (Phi) is 2.67. The first-order valence-corrected chi connectivity index (χ1v) is 8.35. The second kappa shape index (κ2) is 4.76. The highest BCUT2D eigenvalue weighted by atomic mass is 32.1. The maximum atomic E-state index is 12.8. The fraction of sp³-hybridized carbons (Fsp3) is 0. The molecular formula is C20H10O3S. The van der Waals surface area contributed by atoms with Gasteiger partial charge in [-0.2, -0.15) is 0 Å². The average Bonchev–Trinajstić information content (AvgIpc) is 2.62. The number of benzene rings is 3. The van der Waals surface area contributed by atoms with Gasteiger partial charge in [0.05, 0.1) is 10.8 Å². The van der Waals surface area contributed by atoms with Gasteiger partial charge in [0, 0.05) is 20.2 Å². The second-order valence-corrected chi connectivity index (χ2v) is 6.78. The molecule has 0 unspecified atom stereocenters. The van der Waals surface area contributed by atoms with E-state index in [0.29, 0.717) is 32.7 Å². The van der Waals surface area contributed by atoms with Gasteiger partial charge >= 0.3 is 0 Å². The molecule has 0 radical (unpaired) electrons. The maximum absolute atomic E-state index is 12.8. The molecule has 3 nitrogen and oxygen atoms in total. The molecule has 0 spiro atoms. The van der Waals surface area contributed by atoms with E-state index in [-0.39, 0.29) is 10.9 Å². The number of hydrogen-bond donors (Lipinski definition) is 0. The van der Waals surface area contributed by atoms with E-state index in [4.69, 9.17) is 4.42 Å². The predicted molar refractivity (Wildman–Crippen MR) is 99.1 cm³/mol. The zero-order chi connectivity index (χ0) is 16.3. The van der Waals surface area contributed by atoms with Gasteiger partial charge in [-0.15, -0.1) is 11.3 Å². The first-order chi connectivity index (χ1) is 11.7. The SMILES string of the molecule is O=c1c2ccccc2oc2cc3c(=O)c4ccccc4sc3cc12. The smallest absolute Gasteiger partial charge is 0.200 e. The van der Waals surface area contributed by atoms with Crippen LogP contribution in [-0.2, 0) is 0 Å². The third-order valence-electron chi connectivity index (χ3n) is 4.27. The lowest BCUT2D eigenvalue weighted by Gasteiger charge is -2.04. The number of rotatable bonds is 0. The van der Waals surface area contributed by atoms with Crippen LogP contribution in [0.1, 0.15) is 0 Å². The molecule has 0 aliphatic carbocycles. The van der Waals surface area contributed by atoms with Gasteiger partial charge in [-0.25, -0.2) is 0 Å². The highest BCUT2D eigenvalue weighted by Crippen LogP contribution is 2.28. The molecule has 0 saturated heterocycles. The Labute approximate surface area is 139 Å². The summed E-state index contributed by atoms with van der Waals surface area (Å²) < 4.78 is 7.58. The Balaban J connectivity index is 2.05. The number of fused-ring (bicyclic) bond motifs is 4. The summed E-state index contributed by atoms with van der Waals surface area (Å²) in [7, 11) is 0. The molecule has 0 fully saturated rings. The van der Waals surface area contributed by atoms with Gasteiger partial charge in [0.1, 0.15) is 11.2 Å². The summed E-state index contributed by atoms with van der Waals surface area (Å²) in [5.41, 5.74) is 0.885. The highest BCUT2D eigenvalue weighted by Gasteiger charge is 2.12. The molecular weight excluding hydrogens is 320 g/mol. The van der Waals surface area contributed by atoms with Crippen molar-refractivity contribution in [3.63, 3.8) is 0 Å². The first-order valence-electron chi connectivity index (χ1n) is 7.53. The van der Waals surface area contributed by atoms with E-state index in [1.807, 2.05) is 36.4 Å². The van der Waals surface area contributed by atoms with E-state index >= 15 is 0 Å². The van der Waals surface area contributed by atoms with Crippen LogP contribution in [0.25, 0.3) is 42.1 Å². The van der Waals surface area contributed by atoms with Crippen LogP contribution in [0.2, 0.25) is 0 Å². The Hall–Kier alpha value is -2.98. The van der Waals surface area contributed by atoms with Crippen LogP contribution in [0.15, 0.2) is 74.7 Å². The Morgan fingerprint density at radius 3 is 2.21 bits per heavy atom. The molecule has 5 rings (SSSR count). The van der Waals surface area contributed by atoms with Crippen molar-refractivity contribution in [1.82, 2.24) is 0 Å². The lowest BCUT2D eigenvalue weighted by molar-refractivity contribution is 0.660. The van der Waals surface area contributed by atoms with Crippen molar-refractivity contribution in [2.45, 2.75) is 0 Å². The fourth-order valence-corrected chi connectivity index (χ4v) is 4.19. The van der Waals surface area contributed by atoms with E-state index in [9.17, 15) is 9.59 Å². The fourth-order valence-electron chi connectivity index (χ4n) is 3.10. The Bertz CT molecular complexity index is 1280. The standard InChI is InChI=1S/C20H10O3S/c21-19-11-5-1-3-7-15(11)23-16-9-14-18(10-13(16)19)24-17-8-4-2-6-12(17)20(14)22/h1-10H. The van der Waals surface area contributed by atoms with Crippen molar-refractivity contribution in [3.05, 3.63) is 81.1 Å². The molecule has 2 aromatic heterocycles. The van der Waals surface area contributed by atoms with Crippen LogP contribution in [0.5, 0.6) is 0 Å². The normalized spacial score (nSPS) is 11.7. The van der Waals surface area contributed by atoms with Crippen LogP contribution in [0.3, 0.4) is 0 Å². The number of hydrogen-bond acceptors (Lipinski definition) is 4. The summed E-state index contributed by atoms with van der Waals surface area (Å²) in [4.78, 5) is 25.5. The van der Waals surface area contributed by atoms with E-state index in [0.717, 1.165) is 9.40 Å². The zero-order valence-electron chi connectivity index (χ0n) is 12.4. The summed E-state index contributed by atoms with van der Waals surface area (Å²) in [5.74, 6) is 0. The van der Waals surface area contributed by atoms with E-state index in [1.165, 1.54) is 11.3 Å². The lowest BCUT2D eigenvalue weighted by atomic mass is 10.1. The van der Waals surface area contributed by atoms with Crippen LogP contribution in [0, 0.1) is 0 Å². The Morgan fingerprint density at radius 1 is 0.625 bits per heavy atom. The molecule has 24 heavy (non-hydrogen) atoms. The molecule has 2 heterocycles. The molecule has 4 heteroatoms. The monoisotopic (exact) mass is 330 g/mol. The van der Waals surface area contributed by atoms with Crippen LogP contribution in [0.4, 0.5) is 0 Å². The van der Waals surface area contributed by atoms with Crippen molar-refractivity contribution in [2.24, 2.45) is 0 Å². The predicted octanol–water partition coefficient (Wildman–Crippen LogP) is 4.67. The summed E-state index contributed by atoms with van der Waals surface area (Å²) >= 11 is 1.51. The van der Waals surface area contributed by atoms with E-state index < -0.39 is 0 Å². The van der Waals surface area contributed by atoms with Crippen LogP contribution >= 0.6 is 11.3 Å². The van der Waals surface area contributed by atoms with E-state index in [2.05, 4.69) is 0 Å². The molecule has 0 bridgehead atoms. The zero-order valence-corrected chi connectivity index (χ0v) is 13.2. The molecule has 0 atom stereocenters. The van der Waals surface area contributed by atoms with Crippen LogP contribution < -0.4 is 10.9 Å². The molecule has 0 aliphatic rings. The largest absolute Gasteiger partial charge is 0.456 e. The average molecular weight is 330 g/mol. The molecule has 5 aromatic rings. The van der Waals surface area contributed by atoms with Gasteiger partial charge in [-0.1, -0.05) is 24.3 Å². The summed E-state index contributed by atoms with van der Waals surface area (Å²) in [6, 6.07) is 18.2.